The maximum atomic E-state index is 6.81. The van der Waals surface area contributed by atoms with Gasteiger partial charge in [0.05, 0.1) is 29.5 Å². The van der Waals surface area contributed by atoms with Gasteiger partial charge in [0.25, 0.3) is 0 Å². The first-order chi connectivity index (χ1) is 27.8. The van der Waals surface area contributed by atoms with Gasteiger partial charge in [-0.15, -0.1) is 0 Å². The highest BCUT2D eigenvalue weighted by molar-refractivity contribution is 6.15. The summed E-state index contributed by atoms with van der Waals surface area (Å²) >= 11 is 0. The predicted molar refractivity (Wildman–Crippen MR) is 231 cm³/mol. The zero-order chi connectivity index (χ0) is 37.0. The molecule has 5 heteroatoms. The van der Waals surface area contributed by atoms with E-state index in [9.17, 15) is 0 Å². The monoisotopic (exact) mass is 724 g/mol. The van der Waals surface area contributed by atoms with Crippen molar-refractivity contribution in [1.82, 2.24) is 20.5 Å². The number of nitrogens with one attached hydrogen (secondary N) is 3. The van der Waals surface area contributed by atoms with Gasteiger partial charge in [-0.05, 0) is 71.0 Å². The molecule has 2 aromatic heterocycles. The Balaban J connectivity index is 0.973. The zero-order valence-electron chi connectivity index (χ0n) is 30.8. The van der Waals surface area contributed by atoms with Crippen LogP contribution < -0.4 is 16.0 Å². The lowest BCUT2D eigenvalue weighted by Crippen LogP contribution is -2.59. The Morgan fingerprint density at radius 3 is 1.79 bits per heavy atom. The van der Waals surface area contributed by atoms with E-state index in [1.807, 2.05) is 0 Å². The molecule has 3 heterocycles. The fourth-order valence-corrected chi connectivity index (χ4v) is 8.84. The SMILES string of the molecule is C1=CC(C2NC(c3ccccc3)NC(c3ccc(-n4c5ccccc5c5cc(-c6cccc7c6oc6c(-c8ccccc8)cccc67)ccc54)cc3)N2)=CCC1. The molecule has 11 rings (SSSR count). The third-order valence-electron chi connectivity index (χ3n) is 11.6. The second-order valence-corrected chi connectivity index (χ2v) is 14.9. The Kier molecular flexibility index (Phi) is 8.02. The molecule has 9 aromatic rings. The number of furan rings is 1. The average Bonchev–Trinajstić information content (AvgIpc) is 3.83. The van der Waals surface area contributed by atoms with Crippen LogP contribution in [0.4, 0.5) is 0 Å². The van der Waals surface area contributed by atoms with Crippen molar-refractivity contribution in [2.45, 2.75) is 31.3 Å². The molecule has 0 saturated carbocycles. The van der Waals surface area contributed by atoms with Gasteiger partial charge in [-0.3, -0.25) is 16.0 Å². The van der Waals surface area contributed by atoms with Crippen LogP contribution in [-0.2, 0) is 0 Å². The molecule has 3 N–H and O–H groups in total. The quantitative estimate of drug-likeness (QED) is 0.160. The van der Waals surface area contributed by atoms with Crippen molar-refractivity contribution in [3.63, 3.8) is 0 Å². The lowest BCUT2D eigenvalue weighted by atomic mass is 9.99. The molecule has 270 valence electrons. The summed E-state index contributed by atoms with van der Waals surface area (Å²) in [5.41, 5.74) is 13.5. The van der Waals surface area contributed by atoms with Gasteiger partial charge in [0.1, 0.15) is 11.2 Å². The van der Waals surface area contributed by atoms with Crippen molar-refractivity contribution in [3.05, 3.63) is 199 Å². The van der Waals surface area contributed by atoms with Crippen molar-refractivity contribution >= 4 is 43.7 Å². The highest BCUT2D eigenvalue weighted by Gasteiger charge is 2.30. The number of hydrogen-bond acceptors (Lipinski definition) is 4. The molecule has 0 radical (unpaired) electrons. The topological polar surface area (TPSA) is 54.2 Å². The summed E-state index contributed by atoms with van der Waals surface area (Å²) in [7, 11) is 0. The summed E-state index contributed by atoms with van der Waals surface area (Å²) in [6, 6.07) is 58.7. The summed E-state index contributed by atoms with van der Waals surface area (Å²) in [6.07, 6.45) is 9.05. The summed E-state index contributed by atoms with van der Waals surface area (Å²) < 4.78 is 9.20. The van der Waals surface area contributed by atoms with Crippen molar-refractivity contribution in [3.8, 4) is 27.9 Å². The first kappa shape index (κ1) is 32.9. The highest BCUT2D eigenvalue weighted by atomic mass is 16.3. The molecular formula is C51H40N4O. The van der Waals surface area contributed by atoms with Crippen LogP contribution in [0.2, 0.25) is 0 Å². The average molecular weight is 725 g/mol. The van der Waals surface area contributed by atoms with E-state index in [-0.39, 0.29) is 18.5 Å². The van der Waals surface area contributed by atoms with Crippen LogP contribution in [0.5, 0.6) is 0 Å². The Bertz CT molecular complexity index is 2960. The molecule has 1 saturated heterocycles. The molecular weight excluding hydrogens is 685 g/mol. The Morgan fingerprint density at radius 2 is 1.07 bits per heavy atom. The summed E-state index contributed by atoms with van der Waals surface area (Å²) in [4.78, 5) is 0. The maximum absolute atomic E-state index is 6.81. The van der Waals surface area contributed by atoms with Gasteiger partial charge in [-0.1, -0.05) is 152 Å². The summed E-state index contributed by atoms with van der Waals surface area (Å²) in [6.45, 7) is 0. The van der Waals surface area contributed by atoms with E-state index < -0.39 is 0 Å². The van der Waals surface area contributed by atoms with Gasteiger partial charge >= 0.3 is 0 Å². The largest absolute Gasteiger partial charge is 0.455 e. The number of benzene rings is 7. The Hall–Kier alpha value is -6.50. The van der Waals surface area contributed by atoms with Crippen LogP contribution in [0, 0.1) is 0 Å². The number of fused-ring (bicyclic) bond motifs is 6. The number of aromatic nitrogens is 1. The number of nitrogens with zero attached hydrogens (tertiary/aromatic N) is 1. The number of allylic oxidation sites excluding steroid dienone is 2. The molecule has 2 aliphatic rings. The first-order valence-electron chi connectivity index (χ1n) is 19.6. The second kappa shape index (κ2) is 13.7. The summed E-state index contributed by atoms with van der Waals surface area (Å²) in [5.74, 6) is 0. The molecule has 5 nitrogen and oxygen atoms in total. The Morgan fingerprint density at radius 1 is 0.464 bits per heavy atom. The van der Waals surface area contributed by atoms with E-state index in [0.29, 0.717) is 0 Å². The normalized spacial score (nSPS) is 18.6. The van der Waals surface area contributed by atoms with Crippen LogP contribution in [0.3, 0.4) is 0 Å². The maximum Gasteiger partial charge on any atom is 0.143 e. The minimum absolute atomic E-state index is 0.00575. The lowest BCUT2D eigenvalue weighted by Gasteiger charge is -2.40. The fourth-order valence-electron chi connectivity index (χ4n) is 8.84. The van der Waals surface area contributed by atoms with Crippen LogP contribution in [0.25, 0.3) is 71.7 Å². The third kappa shape index (κ3) is 5.59. The van der Waals surface area contributed by atoms with E-state index in [1.165, 1.54) is 38.5 Å². The minimum Gasteiger partial charge on any atom is -0.455 e. The van der Waals surface area contributed by atoms with Gasteiger partial charge in [-0.25, -0.2) is 0 Å². The fraction of sp³-hybridized carbons (Fsp3) is 0.0980. The molecule has 3 unspecified atom stereocenters. The van der Waals surface area contributed by atoms with Crippen molar-refractivity contribution < 1.29 is 4.42 Å². The number of rotatable bonds is 6. The minimum atomic E-state index is -0.0397. The molecule has 1 fully saturated rings. The molecule has 7 aromatic carbocycles. The van der Waals surface area contributed by atoms with Crippen LogP contribution in [0.1, 0.15) is 36.3 Å². The summed E-state index contributed by atoms with van der Waals surface area (Å²) in [5, 5.41) is 16.2. The van der Waals surface area contributed by atoms with Crippen molar-refractivity contribution in [2.75, 3.05) is 0 Å². The predicted octanol–water partition coefficient (Wildman–Crippen LogP) is 12.1. The highest BCUT2D eigenvalue weighted by Crippen LogP contribution is 2.42. The van der Waals surface area contributed by atoms with Gasteiger partial charge < -0.3 is 8.98 Å². The first-order valence-corrected chi connectivity index (χ1v) is 19.6. The van der Waals surface area contributed by atoms with E-state index in [1.54, 1.807) is 0 Å². The smallest absolute Gasteiger partial charge is 0.143 e. The lowest BCUT2D eigenvalue weighted by molar-refractivity contribution is 0.224. The molecule has 1 aliphatic carbocycles. The zero-order valence-corrected chi connectivity index (χ0v) is 30.8. The van der Waals surface area contributed by atoms with Crippen LogP contribution in [0.15, 0.2) is 192 Å². The molecule has 1 aliphatic heterocycles. The van der Waals surface area contributed by atoms with Crippen LogP contribution >= 0.6 is 0 Å². The van der Waals surface area contributed by atoms with Crippen LogP contribution in [-0.4, -0.2) is 10.7 Å². The van der Waals surface area contributed by atoms with Crippen molar-refractivity contribution in [1.29, 1.82) is 0 Å². The molecule has 3 atom stereocenters. The van der Waals surface area contributed by atoms with Gasteiger partial charge in [-0.2, -0.15) is 0 Å². The second-order valence-electron chi connectivity index (χ2n) is 14.9. The standard InChI is InChI=1S/C51H40N4O/c1-4-14-33(15-5-1)39-21-12-23-42-43-24-13-22-40(48(43)56-47(39)42)37-28-31-46-44(32-37)41-20-10-11-25-45(41)55(46)38-29-26-36(27-30-38)51-53-49(34-16-6-2-7-17-34)52-50(54-51)35-18-8-3-9-19-35/h1-2,4-8,10-32,49-54H,3,9H2. The molecule has 0 bridgehead atoms. The third-order valence-corrected chi connectivity index (χ3v) is 11.6. The molecule has 0 spiro atoms. The van der Waals surface area contributed by atoms with E-state index in [4.69, 9.17) is 4.42 Å². The van der Waals surface area contributed by atoms with E-state index in [0.717, 1.165) is 62.7 Å². The molecule has 56 heavy (non-hydrogen) atoms. The number of para-hydroxylation sites is 3. The van der Waals surface area contributed by atoms with E-state index >= 15 is 0 Å². The van der Waals surface area contributed by atoms with Gasteiger partial charge in [0.15, 0.2) is 0 Å². The van der Waals surface area contributed by atoms with Gasteiger partial charge in [0.2, 0.25) is 0 Å². The van der Waals surface area contributed by atoms with Gasteiger partial charge in [0, 0.05) is 38.4 Å². The van der Waals surface area contributed by atoms with E-state index in [2.05, 4.69) is 203 Å². The molecule has 0 amide bonds. The Labute approximate surface area is 325 Å². The van der Waals surface area contributed by atoms with Crippen molar-refractivity contribution in [2.24, 2.45) is 0 Å². The number of hydrogen-bond donors (Lipinski definition) is 3.